The van der Waals surface area contributed by atoms with Gasteiger partial charge in [0.15, 0.2) is 12.1 Å². The molecular weight excluding hydrogens is 572 g/mol. The Balaban J connectivity index is 3.06. The Morgan fingerprint density at radius 1 is 0.721 bits per heavy atom. The van der Waals surface area contributed by atoms with E-state index < -0.39 is 97.2 Å². The fourth-order valence-electron chi connectivity index (χ4n) is 3.67. The van der Waals surface area contributed by atoms with Crippen LogP contribution in [0.15, 0.2) is 30.3 Å². The van der Waals surface area contributed by atoms with Crippen molar-refractivity contribution in [1.29, 1.82) is 0 Å². The van der Waals surface area contributed by atoms with Gasteiger partial charge in [-0.2, -0.15) is 0 Å². The third-order valence-electron chi connectivity index (χ3n) is 5.98. The highest BCUT2D eigenvalue weighted by Crippen LogP contribution is 2.09. The molecule has 4 amide bonds. The van der Waals surface area contributed by atoms with Gasteiger partial charge < -0.3 is 46.4 Å². The van der Waals surface area contributed by atoms with Crippen molar-refractivity contribution in [2.45, 2.75) is 83.5 Å². The largest absolute Gasteiger partial charge is 0.481 e. The number of ether oxygens (including phenoxy) is 1. The molecule has 0 aliphatic rings. The molecule has 0 fully saturated rings. The molecule has 238 valence electrons. The summed E-state index contributed by atoms with van der Waals surface area (Å²) in [4.78, 5) is 85.6. The summed E-state index contributed by atoms with van der Waals surface area (Å²) in [5, 5.41) is 45.9. The van der Waals surface area contributed by atoms with Crippen LogP contribution in [0.25, 0.3) is 0 Å². The van der Waals surface area contributed by atoms with E-state index in [2.05, 4.69) is 21.3 Å². The molecule has 43 heavy (non-hydrogen) atoms. The zero-order valence-electron chi connectivity index (χ0n) is 23.9. The van der Waals surface area contributed by atoms with E-state index in [9.17, 15) is 48.9 Å². The summed E-state index contributed by atoms with van der Waals surface area (Å²) in [7, 11) is 0. The lowest BCUT2D eigenvalue weighted by molar-refractivity contribution is -0.141. The first-order chi connectivity index (χ1) is 20.1. The lowest BCUT2D eigenvalue weighted by atomic mass is 10.0. The van der Waals surface area contributed by atoms with Crippen LogP contribution >= 0.6 is 0 Å². The molecule has 0 aliphatic carbocycles. The molecule has 16 nitrogen and oxygen atoms in total. The van der Waals surface area contributed by atoms with Gasteiger partial charge in [-0.1, -0.05) is 44.2 Å². The van der Waals surface area contributed by atoms with Gasteiger partial charge in [0, 0.05) is 6.42 Å². The Labute approximate surface area is 247 Å². The lowest BCUT2D eigenvalue weighted by Gasteiger charge is -2.27. The first kappa shape index (κ1) is 36.5. The maximum absolute atomic E-state index is 13.2. The molecule has 1 rings (SSSR count). The molecule has 8 N–H and O–H groups in total. The van der Waals surface area contributed by atoms with Crippen molar-refractivity contribution in [2.24, 2.45) is 5.92 Å². The molecule has 0 bridgehead atoms. The van der Waals surface area contributed by atoms with E-state index in [0.717, 1.165) is 6.92 Å². The first-order valence-corrected chi connectivity index (χ1v) is 13.3. The molecule has 0 saturated carbocycles. The number of aliphatic hydroxyl groups excluding tert-OH is 1. The number of rotatable bonds is 18. The number of carboxylic acid groups (broad SMARTS) is 2. The van der Waals surface area contributed by atoms with Crippen molar-refractivity contribution >= 4 is 41.5 Å². The van der Waals surface area contributed by atoms with E-state index in [1.165, 1.54) is 0 Å². The molecule has 0 unspecified atom stereocenters. The number of aliphatic hydroxyl groups is 2. The fourth-order valence-corrected chi connectivity index (χ4v) is 3.67. The second kappa shape index (κ2) is 18.1. The van der Waals surface area contributed by atoms with Gasteiger partial charge in [0.25, 0.3) is 0 Å². The normalized spacial score (nSPS) is 13.7. The zero-order chi connectivity index (χ0) is 32.7. The van der Waals surface area contributed by atoms with Gasteiger partial charge in [-0.25, -0.2) is 4.79 Å². The summed E-state index contributed by atoms with van der Waals surface area (Å²) in [6.45, 7) is 4.00. The molecular formula is C27H38N4O12. The molecule has 1 aromatic carbocycles. The van der Waals surface area contributed by atoms with Gasteiger partial charge in [-0.05, 0) is 24.8 Å². The quantitative estimate of drug-likeness (QED) is 0.0933. The van der Waals surface area contributed by atoms with Crippen molar-refractivity contribution < 1.29 is 58.7 Å². The smallest absolute Gasteiger partial charge is 0.408 e. The number of amides is 4. The van der Waals surface area contributed by atoms with Crippen molar-refractivity contribution in [3.63, 3.8) is 0 Å². The highest BCUT2D eigenvalue weighted by molar-refractivity contribution is 5.96. The lowest BCUT2D eigenvalue weighted by Crippen LogP contribution is -2.59. The second-order valence-corrected chi connectivity index (χ2v) is 9.98. The summed E-state index contributed by atoms with van der Waals surface area (Å²) in [6, 6.07) is 2.58. The monoisotopic (exact) mass is 610 g/mol. The standard InChI is InChI=1S/C27H38N4O12/c1-14(2)23(26(41)29-18(15(3)32)11-21(35)36)31-24(39)17(9-10-20(33)34)28-25(40)19(12-22(37)38)30-27(42)43-13-16-7-5-4-6-8-16/h4-8,14,17-20,23,33-34H,9-13H2,1-3H3,(H,28,40)(H,29,41)(H,30,42)(H,31,39)(H,35,36)(H,37,38)/t17-,18-,19-,23-/m0/s1. The van der Waals surface area contributed by atoms with E-state index in [1.54, 1.807) is 44.2 Å². The Bertz CT molecular complexity index is 1140. The molecule has 1 aromatic rings. The topological polar surface area (TPSA) is 258 Å². The summed E-state index contributed by atoms with van der Waals surface area (Å²) < 4.78 is 5.03. The highest BCUT2D eigenvalue weighted by Gasteiger charge is 2.33. The van der Waals surface area contributed by atoms with E-state index in [0.29, 0.717) is 5.56 Å². The van der Waals surface area contributed by atoms with Crippen LogP contribution in [0.2, 0.25) is 0 Å². The van der Waals surface area contributed by atoms with E-state index in [1.807, 2.05) is 0 Å². The minimum absolute atomic E-state index is 0.177. The maximum Gasteiger partial charge on any atom is 0.408 e. The summed E-state index contributed by atoms with van der Waals surface area (Å²) in [5.41, 5.74) is 0.623. The number of alkyl carbamates (subject to hydrolysis) is 1. The molecule has 0 aliphatic heterocycles. The van der Waals surface area contributed by atoms with Crippen LogP contribution in [-0.4, -0.2) is 92.4 Å². The number of benzene rings is 1. The predicted octanol–water partition coefficient (Wildman–Crippen LogP) is -0.979. The minimum Gasteiger partial charge on any atom is -0.481 e. The number of aliphatic carboxylic acids is 2. The molecule has 0 spiro atoms. The van der Waals surface area contributed by atoms with Crippen LogP contribution in [0.5, 0.6) is 0 Å². The summed E-state index contributed by atoms with van der Waals surface area (Å²) in [6.07, 6.45) is -5.39. The first-order valence-electron chi connectivity index (χ1n) is 13.3. The maximum atomic E-state index is 13.2. The Hall–Kier alpha value is -4.57. The van der Waals surface area contributed by atoms with Crippen LogP contribution in [-0.2, 0) is 40.1 Å². The number of hydrogen-bond donors (Lipinski definition) is 8. The molecule has 0 aromatic heterocycles. The summed E-state index contributed by atoms with van der Waals surface area (Å²) >= 11 is 0. The van der Waals surface area contributed by atoms with Crippen molar-refractivity contribution in [1.82, 2.24) is 21.3 Å². The Morgan fingerprint density at radius 3 is 1.77 bits per heavy atom. The van der Waals surface area contributed by atoms with E-state index in [4.69, 9.17) is 9.84 Å². The molecule has 0 heterocycles. The minimum atomic E-state index is -1.88. The Morgan fingerprint density at radius 2 is 1.26 bits per heavy atom. The van der Waals surface area contributed by atoms with E-state index >= 15 is 0 Å². The molecule has 0 radical (unpaired) electrons. The third-order valence-corrected chi connectivity index (χ3v) is 5.98. The van der Waals surface area contributed by atoms with Gasteiger partial charge in [-0.3, -0.25) is 28.8 Å². The molecule has 16 heteroatoms. The van der Waals surface area contributed by atoms with E-state index in [-0.39, 0.29) is 13.0 Å². The third kappa shape index (κ3) is 14.2. The number of hydrogen-bond acceptors (Lipinski definition) is 10. The summed E-state index contributed by atoms with van der Waals surface area (Å²) in [5.74, 6) is -7.02. The number of carboxylic acids is 2. The number of nitrogens with one attached hydrogen (secondary N) is 4. The van der Waals surface area contributed by atoms with Crippen molar-refractivity contribution in [3.05, 3.63) is 35.9 Å². The van der Waals surface area contributed by atoms with Gasteiger partial charge in [0.2, 0.25) is 17.7 Å². The predicted molar refractivity (Wildman–Crippen MR) is 147 cm³/mol. The zero-order valence-corrected chi connectivity index (χ0v) is 23.9. The van der Waals surface area contributed by atoms with Crippen LogP contribution in [0.3, 0.4) is 0 Å². The second-order valence-electron chi connectivity index (χ2n) is 9.98. The van der Waals surface area contributed by atoms with Gasteiger partial charge in [-0.15, -0.1) is 0 Å². The number of carbonyl (C=O) groups excluding carboxylic acids is 5. The fraction of sp³-hybridized carbons (Fsp3) is 0.519. The number of Topliss-reactive ketones (excluding diaryl/α,β-unsaturated/α-hetero) is 1. The number of ketones is 1. The van der Waals surface area contributed by atoms with Gasteiger partial charge in [0.05, 0.1) is 18.9 Å². The highest BCUT2D eigenvalue weighted by atomic mass is 16.5. The molecule has 0 saturated heterocycles. The van der Waals surface area contributed by atoms with Gasteiger partial charge >= 0.3 is 18.0 Å². The number of carbonyl (C=O) groups is 7. The average Bonchev–Trinajstić information content (AvgIpc) is 2.91. The van der Waals surface area contributed by atoms with Crippen molar-refractivity contribution in [2.75, 3.05) is 0 Å². The average molecular weight is 611 g/mol. The van der Waals surface area contributed by atoms with Crippen LogP contribution in [0, 0.1) is 5.92 Å². The van der Waals surface area contributed by atoms with Crippen LogP contribution in [0.4, 0.5) is 4.79 Å². The van der Waals surface area contributed by atoms with Crippen molar-refractivity contribution in [3.8, 4) is 0 Å². The van der Waals surface area contributed by atoms with Crippen LogP contribution in [0.1, 0.15) is 52.0 Å². The molecule has 4 atom stereocenters. The van der Waals surface area contributed by atoms with Crippen LogP contribution < -0.4 is 21.3 Å². The SMILES string of the molecule is CC(=O)[C@H](CC(=O)O)NC(=O)[C@@H](NC(=O)[C@H](CCC(O)O)NC(=O)[C@H](CC(=O)O)NC(=O)OCc1ccccc1)C(C)C. The Kier molecular flexibility index (Phi) is 15.3. The van der Waals surface area contributed by atoms with Gasteiger partial charge in [0.1, 0.15) is 24.7 Å².